The fourth-order valence-electron chi connectivity index (χ4n) is 2.38. The van der Waals surface area contributed by atoms with Gasteiger partial charge in [-0.1, -0.05) is 19.3 Å². The zero-order valence-corrected chi connectivity index (χ0v) is 10.4. The first-order valence-corrected chi connectivity index (χ1v) is 6.35. The number of nitrogens with two attached hydrogens (primary N) is 1. The number of carbonyl (C=O) groups is 1. The number of hydrogen-bond acceptors (Lipinski definition) is 3. The maximum atomic E-state index is 11.9. The normalized spacial score (nSPS) is 18.3. The highest BCUT2D eigenvalue weighted by molar-refractivity contribution is 5.93. The number of pyridine rings is 1. The molecule has 0 spiro atoms. The number of hydrogen-bond donors (Lipinski definition) is 3. The van der Waals surface area contributed by atoms with Crippen LogP contribution in [0.2, 0.25) is 0 Å². The van der Waals surface area contributed by atoms with E-state index in [9.17, 15) is 9.59 Å². The zero-order chi connectivity index (χ0) is 13.0. The quantitative estimate of drug-likeness (QED) is 0.739. The highest BCUT2D eigenvalue weighted by atomic mass is 16.2. The van der Waals surface area contributed by atoms with Gasteiger partial charge < -0.3 is 16.0 Å². The summed E-state index contributed by atoms with van der Waals surface area (Å²) in [5, 5.41) is 2.82. The summed E-state index contributed by atoms with van der Waals surface area (Å²) < 4.78 is 0. The molecule has 1 fully saturated rings. The highest BCUT2D eigenvalue weighted by Gasteiger charge is 2.27. The van der Waals surface area contributed by atoms with Gasteiger partial charge in [0.25, 0.3) is 5.91 Å². The first-order chi connectivity index (χ1) is 8.59. The van der Waals surface area contributed by atoms with Gasteiger partial charge in [-0.05, 0) is 18.9 Å². The Kier molecular flexibility index (Phi) is 3.81. The molecule has 4 N–H and O–H groups in total. The minimum atomic E-state index is -0.283. The molecule has 0 aliphatic heterocycles. The van der Waals surface area contributed by atoms with Crippen molar-refractivity contribution < 1.29 is 4.79 Å². The van der Waals surface area contributed by atoms with Crippen molar-refractivity contribution in [3.63, 3.8) is 0 Å². The lowest BCUT2D eigenvalue weighted by Gasteiger charge is -2.33. The molecule has 0 unspecified atom stereocenters. The van der Waals surface area contributed by atoms with Crippen molar-refractivity contribution in [2.45, 2.75) is 37.6 Å². The van der Waals surface area contributed by atoms with E-state index in [0.29, 0.717) is 12.1 Å². The lowest BCUT2D eigenvalue weighted by atomic mass is 9.82. The second kappa shape index (κ2) is 5.35. The number of aromatic amines is 1. The van der Waals surface area contributed by atoms with Crippen molar-refractivity contribution in [2.24, 2.45) is 5.73 Å². The molecular formula is C13H19N3O2. The maximum Gasteiger partial charge on any atom is 0.251 e. The van der Waals surface area contributed by atoms with Crippen molar-refractivity contribution >= 4 is 5.91 Å². The standard InChI is InChI=1S/C13H19N3O2/c14-13(5-2-1-3-6-13)9-16-12(18)10-4-7-15-11(17)8-10/h4,7-8H,1-3,5-6,9,14H2,(H,15,17)(H,16,18). The Balaban J connectivity index is 1.94. The molecule has 5 nitrogen and oxygen atoms in total. The van der Waals surface area contributed by atoms with Gasteiger partial charge in [0.05, 0.1) is 0 Å². The van der Waals surface area contributed by atoms with Gasteiger partial charge in [0.1, 0.15) is 0 Å². The van der Waals surface area contributed by atoms with E-state index in [1.807, 2.05) is 0 Å². The molecule has 0 radical (unpaired) electrons. The van der Waals surface area contributed by atoms with Gasteiger partial charge in [-0.3, -0.25) is 9.59 Å². The molecule has 98 valence electrons. The van der Waals surface area contributed by atoms with Crippen molar-refractivity contribution in [1.82, 2.24) is 10.3 Å². The molecule has 1 aromatic heterocycles. The maximum absolute atomic E-state index is 11.9. The van der Waals surface area contributed by atoms with Gasteiger partial charge in [0, 0.05) is 29.9 Å². The molecule has 0 bridgehead atoms. The summed E-state index contributed by atoms with van der Waals surface area (Å²) in [5.41, 5.74) is 6.05. The SMILES string of the molecule is NC1(CNC(=O)c2cc[nH]c(=O)c2)CCCCC1. The lowest BCUT2D eigenvalue weighted by Crippen LogP contribution is -2.51. The van der Waals surface area contributed by atoms with E-state index in [0.717, 1.165) is 25.7 Å². The topological polar surface area (TPSA) is 88.0 Å². The second-order valence-corrected chi connectivity index (χ2v) is 5.05. The summed E-state index contributed by atoms with van der Waals surface area (Å²) in [4.78, 5) is 25.4. The largest absolute Gasteiger partial charge is 0.350 e. The van der Waals surface area contributed by atoms with Crippen LogP contribution in [0.4, 0.5) is 0 Å². The average Bonchev–Trinajstić information content (AvgIpc) is 2.37. The Morgan fingerprint density at radius 3 is 2.78 bits per heavy atom. The van der Waals surface area contributed by atoms with Crippen LogP contribution in [0.1, 0.15) is 42.5 Å². The molecule has 1 amide bonds. The predicted molar refractivity (Wildman–Crippen MR) is 69.4 cm³/mol. The minimum absolute atomic E-state index is 0.239. The Morgan fingerprint density at radius 2 is 2.11 bits per heavy atom. The van der Waals surface area contributed by atoms with Crippen molar-refractivity contribution in [1.29, 1.82) is 0 Å². The Morgan fingerprint density at radius 1 is 1.39 bits per heavy atom. The van der Waals surface area contributed by atoms with Crippen LogP contribution in [-0.2, 0) is 0 Å². The zero-order valence-electron chi connectivity index (χ0n) is 10.4. The van der Waals surface area contributed by atoms with Crippen molar-refractivity contribution in [2.75, 3.05) is 6.54 Å². The third-order valence-electron chi connectivity index (χ3n) is 3.49. The predicted octanol–water partition coefficient (Wildman–Crippen LogP) is 0.766. The second-order valence-electron chi connectivity index (χ2n) is 5.05. The van der Waals surface area contributed by atoms with E-state index in [1.165, 1.54) is 18.7 Å². The third kappa shape index (κ3) is 3.20. The van der Waals surface area contributed by atoms with Crippen LogP contribution in [0.25, 0.3) is 0 Å². The molecule has 0 aromatic carbocycles. The van der Waals surface area contributed by atoms with Crippen LogP contribution in [0, 0.1) is 0 Å². The Bertz CT molecular complexity index is 475. The van der Waals surface area contributed by atoms with E-state index in [-0.39, 0.29) is 17.0 Å². The summed E-state index contributed by atoms with van der Waals surface area (Å²) in [6, 6.07) is 2.88. The number of carbonyl (C=O) groups excluding carboxylic acids is 1. The van der Waals surface area contributed by atoms with Gasteiger partial charge in [-0.25, -0.2) is 0 Å². The van der Waals surface area contributed by atoms with Gasteiger partial charge in [0.2, 0.25) is 5.56 Å². The van der Waals surface area contributed by atoms with E-state index < -0.39 is 0 Å². The smallest absolute Gasteiger partial charge is 0.251 e. The molecule has 0 atom stereocenters. The fourth-order valence-corrected chi connectivity index (χ4v) is 2.38. The number of amides is 1. The first kappa shape index (κ1) is 12.8. The molecule has 1 aliphatic carbocycles. The minimum Gasteiger partial charge on any atom is -0.350 e. The molecule has 1 aliphatic rings. The van der Waals surface area contributed by atoms with Crippen LogP contribution in [-0.4, -0.2) is 23.0 Å². The molecule has 2 rings (SSSR count). The molecule has 5 heteroatoms. The molecule has 18 heavy (non-hydrogen) atoms. The molecule has 1 saturated carbocycles. The number of nitrogens with one attached hydrogen (secondary N) is 2. The number of H-pyrrole nitrogens is 1. The summed E-state index contributed by atoms with van der Waals surface area (Å²) in [6.45, 7) is 0.471. The van der Waals surface area contributed by atoms with E-state index in [1.54, 1.807) is 6.07 Å². The molecule has 0 saturated heterocycles. The Hall–Kier alpha value is -1.62. The average molecular weight is 249 g/mol. The number of aromatic nitrogens is 1. The summed E-state index contributed by atoms with van der Waals surface area (Å²) in [5.74, 6) is -0.239. The number of rotatable bonds is 3. The van der Waals surface area contributed by atoms with Crippen LogP contribution in [0.3, 0.4) is 0 Å². The fraction of sp³-hybridized carbons (Fsp3) is 0.538. The summed E-state index contributed by atoms with van der Waals surface area (Å²) >= 11 is 0. The van der Waals surface area contributed by atoms with Crippen LogP contribution in [0.15, 0.2) is 23.1 Å². The summed E-state index contributed by atoms with van der Waals surface area (Å²) in [6.07, 6.45) is 6.83. The highest BCUT2D eigenvalue weighted by Crippen LogP contribution is 2.25. The lowest BCUT2D eigenvalue weighted by molar-refractivity contribution is 0.0937. The van der Waals surface area contributed by atoms with E-state index in [2.05, 4.69) is 10.3 Å². The van der Waals surface area contributed by atoms with Crippen LogP contribution < -0.4 is 16.6 Å². The van der Waals surface area contributed by atoms with Gasteiger partial charge in [0.15, 0.2) is 0 Å². The van der Waals surface area contributed by atoms with Crippen LogP contribution in [0.5, 0.6) is 0 Å². The third-order valence-corrected chi connectivity index (χ3v) is 3.49. The molecule has 1 heterocycles. The van der Waals surface area contributed by atoms with E-state index in [4.69, 9.17) is 5.73 Å². The molecule has 1 aromatic rings. The monoisotopic (exact) mass is 249 g/mol. The Labute approximate surface area is 106 Å². The molecular weight excluding hydrogens is 230 g/mol. The summed E-state index contributed by atoms with van der Waals surface area (Å²) in [7, 11) is 0. The van der Waals surface area contributed by atoms with Gasteiger partial charge >= 0.3 is 0 Å². The van der Waals surface area contributed by atoms with Crippen molar-refractivity contribution in [3.05, 3.63) is 34.2 Å². The van der Waals surface area contributed by atoms with Gasteiger partial charge in [-0.15, -0.1) is 0 Å². The van der Waals surface area contributed by atoms with Crippen molar-refractivity contribution in [3.8, 4) is 0 Å². The van der Waals surface area contributed by atoms with Crippen LogP contribution >= 0.6 is 0 Å². The van der Waals surface area contributed by atoms with Gasteiger partial charge in [-0.2, -0.15) is 0 Å². The van der Waals surface area contributed by atoms with E-state index >= 15 is 0 Å². The first-order valence-electron chi connectivity index (χ1n) is 6.35.